The minimum atomic E-state index is -0.307. The molecule has 0 amide bonds. The van der Waals surface area contributed by atoms with E-state index in [1.807, 2.05) is 6.92 Å². The highest BCUT2D eigenvalue weighted by Crippen LogP contribution is 2.29. The van der Waals surface area contributed by atoms with Crippen molar-refractivity contribution >= 4 is 0 Å². The zero-order valence-electron chi connectivity index (χ0n) is 6.34. The third-order valence-electron chi connectivity index (χ3n) is 1.99. The smallest absolute Gasteiger partial charge is 0.0893 e. The van der Waals surface area contributed by atoms with Gasteiger partial charge >= 0.3 is 0 Å². The molecule has 0 radical (unpaired) electrons. The second-order valence-corrected chi connectivity index (χ2v) is 3.04. The fraction of sp³-hybridized carbons (Fsp3) is 0.750. The van der Waals surface area contributed by atoms with E-state index in [1.165, 1.54) is 0 Å². The lowest BCUT2D eigenvalue weighted by Gasteiger charge is -2.20. The first-order chi connectivity index (χ1) is 4.70. The van der Waals surface area contributed by atoms with Gasteiger partial charge in [-0.2, -0.15) is 0 Å². The molecule has 10 heavy (non-hydrogen) atoms. The van der Waals surface area contributed by atoms with Gasteiger partial charge in [-0.1, -0.05) is 6.08 Å². The van der Waals surface area contributed by atoms with Gasteiger partial charge in [0.1, 0.15) is 0 Å². The Morgan fingerprint density at radius 1 is 1.90 bits per heavy atom. The van der Waals surface area contributed by atoms with E-state index in [4.69, 9.17) is 9.84 Å². The van der Waals surface area contributed by atoms with E-state index >= 15 is 0 Å². The maximum absolute atomic E-state index is 8.88. The lowest BCUT2D eigenvalue weighted by Crippen LogP contribution is -2.28. The number of hydrogen-bond acceptors (Lipinski definition) is 2. The summed E-state index contributed by atoms with van der Waals surface area (Å²) in [5.74, 6) is 0. The van der Waals surface area contributed by atoms with Crippen LogP contribution in [-0.4, -0.2) is 23.4 Å². The Morgan fingerprint density at radius 2 is 2.60 bits per heavy atom. The van der Waals surface area contributed by atoms with Crippen LogP contribution in [0.1, 0.15) is 19.8 Å². The van der Waals surface area contributed by atoms with Crippen LogP contribution in [0.5, 0.6) is 0 Å². The SMILES string of the molecule is C=CC1CCC(C)(CO)O1. The molecule has 1 rings (SSSR count). The van der Waals surface area contributed by atoms with Crippen LogP contribution in [0.4, 0.5) is 0 Å². The molecule has 0 spiro atoms. The van der Waals surface area contributed by atoms with Gasteiger partial charge in [0.25, 0.3) is 0 Å². The maximum Gasteiger partial charge on any atom is 0.0893 e. The monoisotopic (exact) mass is 142 g/mol. The molecule has 1 heterocycles. The van der Waals surface area contributed by atoms with E-state index in [0.717, 1.165) is 12.8 Å². The van der Waals surface area contributed by atoms with Crippen molar-refractivity contribution in [3.63, 3.8) is 0 Å². The van der Waals surface area contributed by atoms with Gasteiger partial charge in [0.15, 0.2) is 0 Å². The maximum atomic E-state index is 8.88. The molecule has 1 aliphatic heterocycles. The largest absolute Gasteiger partial charge is 0.393 e. The predicted molar refractivity (Wildman–Crippen MR) is 39.8 cm³/mol. The number of rotatable bonds is 2. The van der Waals surface area contributed by atoms with Gasteiger partial charge in [-0.25, -0.2) is 0 Å². The number of hydrogen-bond donors (Lipinski definition) is 1. The summed E-state index contributed by atoms with van der Waals surface area (Å²) >= 11 is 0. The highest BCUT2D eigenvalue weighted by Gasteiger charge is 2.33. The van der Waals surface area contributed by atoms with E-state index in [-0.39, 0.29) is 18.3 Å². The summed E-state index contributed by atoms with van der Waals surface area (Å²) in [5.41, 5.74) is -0.307. The second kappa shape index (κ2) is 2.72. The first-order valence-corrected chi connectivity index (χ1v) is 3.61. The first-order valence-electron chi connectivity index (χ1n) is 3.61. The highest BCUT2D eigenvalue weighted by atomic mass is 16.5. The summed E-state index contributed by atoms with van der Waals surface area (Å²) in [4.78, 5) is 0. The predicted octanol–water partition coefficient (Wildman–Crippen LogP) is 1.10. The molecule has 2 heteroatoms. The average Bonchev–Trinajstić information content (AvgIpc) is 2.33. The fourth-order valence-electron chi connectivity index (χ4n) is 1.21. The Hall–Kier alpha value is -0.340. The Bertz CT molecular complexity index is 133. The molecular weight excluding hydrogens is 128 g/mol. The summed E-state index contributed by atoms with van der Waals surface area (Å²) in [6, 6.07) is 0. The summed E-state index contributed by atoms with van der Waals surface area (Å²) in [6.45, 7) is 5.67. The minimum Gasteiger partial charge on any atom is -0.393 e. The van der Waals surface area contributed by atoms with E-state index in [1.54, 1.807) is 6.08 Å². The Morgan fingerprint density at radius 3 is 2.90 bits per heavy atom. The average molecular weight is 142 g/mol. The lowest BCUT2D eigenvalue weighted by atomic mass is 10.0. The van der Waals surface area contributed by atoms with Gasteiger partial charge in [-0.15, -0.1) is 6.58 Å². The van der Waals surface area contributed by atoms with Crippen LogP contribution in [0.15, 0.2) is 12.7 Å². The molecular formula is C8H14O2. The molecule has 0 bridgehead atoms. The normalized spacial score (nSPS) is 40.0. The quantitative estimate of drug-likeness (QED) is 0.585. The van der Waals surface area contributed by atoms with Gasteiger partial charge in [0.05, 0.1) is 18.3 Å². The molecule has 0 aromatic rings. The van der Waals surface area contributed by atoms with Crippen LogP contribution in [0, 0.1) is 0 Å². The summed E-state index contributed by atoms with van der Waals surface area (Å²) in [5, 5.41) is 8.88. The van der Waals surface area contributed by atoms with Crippen molar-refractivity contribution in [3.8, 4) is 0 Å². The van der Waals surface area contributed by atoms with Gasteiger partial charge in [-0.05, 0) is 19.8 Å². The van der Waals surface area contributed by atoms with E-state index < -0.39 is 0 Å². The summed E-state index contributed by atoms with van der Waals surface area (Å²) in [6.07, 6.45) is 3.86. The van der Waals surface area contributed by atoms with E-state index in [9.17, 15) is 0 Å². The van der Waals surface area contributed by atoms with Gasteiger partial charge < -0.3 is 9.84 Å². The van der Waals surface area contributed by atoms with Crippen molar-refractivity contribution in [2.45, 2.75) is 31.5 Å². The van der Waals surface area contributed by atoms with Crippen molar-refractivity contribution in [2.75, 3.05) is 6.61 Å². The van der Waals surface area contributed by atoms with Crippen LogP contribution in [0.2, 0.25) is 0 Å². The molecule has 0 aromatic heterocycles. The standard InChI is InChI=1S/C8H14O2/c1-3-7-4-5-8(2,6-9)10-7/h3,7,9H,1,4-6H2,2H3. The van der Waals surface area contributed by atoms with Crippen molar-refractivity contribution in [1.82, 2.24) is 0 Å². The first kappa shape index (κ1) is 7.76. The molecule has 1 saturated heterocycles. The highest BCUT2D eigenvalue weighted by molar-refractivity contribution is 4.92. The molecule has 0 aromatic carbocycles. The molecule has 2 unspecified atom stereocenters. The molecule has 0 aliphatic carbocycles. The Kier molecular flexibility index (Phi) is 2.11. The van der Waals surface area contributed by atoms with Gasteiger partial charge in [-0.3, -0.25) is 0 Å². The molecule has 58 valence electrons. The van der Waals surface area contributed by atoms with E-state index in [2.05, 4.69) is 6.58 Å². The molecule has 1 fully saturated rings. The molecule has 1 N–H and O–H groups in total. The number of aliphatic hydroxyl groups is 1. The third-order valence-corrected chi connectivity index (χ3v) is 1.99. The Balaban J connectivity index is 2.48. The minimum absolute atomic E-state index is 0.108. The zero-order valence-corrected chi connectivity index (χ0v) is 6.34. The van der Waals surface area contributed by atoms with Crippen LogP contribution in [0.3, 0.4) is 0 Å². The number of aliphatic hydroxyl groups excluding tert-OH is 1. The van der Waals surface area contributed by atoms with Crippen molar-refractivity contribution in [1.29, 1.82) is 0 Å². The molecule has 0 saturated carbocycles. The van der Waals surface area contributed by atoms with Crippen molar-refractivity contribution in [2.24, 2.45) is 0 Å². The van der Waals surface area contributed by atoms with Crippen LogP contribution in [-0.2, 0) is 4.74 Å². The molecule has 2 atom stereocenters. The van der Waals surface area contributed by atoms with Crippen LogP contribution < -0.4 is 0 Å². The molecule has 2 nitrogen and oxygen atoms in total. The molecule has 1 aliphatic rings. The topological polar surface area (TPSA) is 29.5 Å². The van der Waals surface area contributed by atoms with Crippen LogP contribution in [0.25, 0.3) is 0 Å². The van der Waals surface area contributed by atoms with Crippen molar-refractivity contribution in [3.05, 3.63) is 12.7 Å². The zero-order chi connectivity index (χ0) is 7.61. The number of ether oxygens (including phenoxy) is 1. The van der Waals surface area contributed by atoms with Gasteiger partial charge in [0, 0.05) is 0 Å². The fourth-order valence-corrected chi connectivity index (χ4v) is 1.21. The van der Waals surface area contributed by atoms with Gasteiger partial charge in [0.2, 0.25) is 0 Å². The second-order valence-electron chi connectivity index (χ2n) is 3.04. The van der Waals surface area contributed by atoms with E-state index in [0.29, 0.717) is 0 Å². The third kappa shape index (κ3) is 1.39. The summed E-state index contributed by atoms with van der Waals surface area (Å²) < 4.78 is 5.48. The van der Waals surface area contributed by atoms with Crippen molar-refractivity contribution < 1.29 is 9.84 Å². The van der Waals surface area contributed by atoms with Crippen LogP contribution >= 0.6 is 0 Å². The summed E-state index contributed by atoms with van der Waals surface area (Å²) in [7, 11) is 0. The Labute approximate surface area is 61.5 Å². The lowest BCUT2D eigenvalue weighted by molar-refractivity contribution is -0.0458.